The third-order valence-electron chi connectivity index (χ3n) is 9.32. The van der Waals surface area contributed by atoms with E-state index in [9.17, 15) is 9.59 Å². The summed E-state index contributed by atoms with van der Waals surface area (Å²) < 4.78 is 15.7. The molecule has 7 atom stereocenters. The predicted molar refractivity (Wildman–Crippen MR) is 124 cm³/mol. The zero-order valence-corrected chi connectivity index (χ0v) is 20.0. The van der Waals surface area contributed by atoms with Crippen LogP contribution in [0.2, 0.25) is 0 Å². The van der Waals surface area contributed by atoms with Crippen LogP contribution in [0, 0.1) is 35.0 Å². The minimum absolute atomic E-state index is 0.0256. The maximum atomic E-state index is 15.7. The minimum Gasteiger partial charge on any atom is -0.299 e. The van der Waals surface area contributed by atoms with Crippen molar-refractivity contribution in [2.75, 3.05) is 5.88 Å². The number of alkyl halides is 2. The summed E-state index contributed by atoms with van der Waals surface area (Å²) in [6.45, 7) is 2.06. The molecule has 0 aliphatic heterocycles. The second kappa shape index (κ2) is 10.1. The van der Waals surface area contributed by atoms with Crippen LogP contribution in [0.25, 0.3) is 0 Å². The average molecular weight is 451 g/mol. The highest BCUT2D eigenvalue weighted by molar-refractivity contribution is 6.17. The van der Waals surface area contributed by atoms with Gasteiger partial charge in [-0.25, -0.2) is 4.39 Å². The molecule has 0 N–H and O–H groups in total. The Balaban J connectivity index is 1.45. The lowest BCUT2D eigenvalue weighted by atomic mass is 9.48. The summed E-state index contributed by atoms with van der Waals surface area (Å²) in [5, 5.41) is 0. The Morgan fingerprint density at radius 2 is 1.71 bits per heavy atom. The van der Waals surface area contributed by atoms with Crippen molar-refractivity contribution >= 4 is 23.2 Å². The second-order valence-electron chi connectivity index (χ2n) is 11.1. The van der Waals surface area contributed by atoms with E-state index in [1.165, 1.54) is 44.1 Å². The third kappa shape index (κ3) is 4.68. The molecule has 2 unspecified atom stereocenters. The van der Waals surface area contributed by atoms with Crippen molar-refractivity contribution in [1.82, 2.24) is 0 Å². The van der Waals surface area contributed by atoms with Crippen LogP contribution in [-0.2, 0) is 9.59 Å². The molecule has 2 nitrogen and oxygen atoms in total. The van der Waals surface area contributed by atoms with E-state index >= 15 is 4.39 Å². The zero-order chi connectivity index (χ0) is 22.0. The molecule has 3 fully saturated rings. The summed E-state index contributed by atoms with van der Waals surface area (Å²) in [7, 11) is 0. The number of Topliss-reactive ketones (excluding diaryl/α,β-unsaturated/α-hetero) is 1. The van der Waals surface area contributed by atoms with Gasteiger partial charge in [0.25, 0.3) is 0 Å². The van der Waals surface area contributed by atoms with E-state index < -0.39 is 11.6 Å². The molecule has 0 heterocycles. The Bertz CT molecular complexity index is 703. The maximum Gasteiger partial charge on any atom is 0.155 e. The molecule has 31 heavy (non-hydrogen) atoms. The lowest BCUT2D eigenvalue weighted by Crippen LogP contribution is -2.54. The van der Waals surface area contributed by atoms with Crippen LogP contribution in [0.4, 0.5) is 4.39 Å². The zero-order valence-electron chi connectivity index (χ0n) is 19.2. The SMILES string of the molecule is C[C@]12CC(F)[C@H]3[C@@H](C(CCCCCCCCCCl)CC4=CC(=O)CC[C@@H]43)[C@@H]1CCC2=O. The standard InChI is InChI=1S/C27H40ClFO2/c1-27-17-23(29)26-21-11-10-20(30)16-19(21)15-18(25(26)22(27)12-13-24(27)31)9-7-5-3-2-4-6-8-14-28/h16,18,21-23,25-26H,2-15,17H2,1H3/t18?,21-,22-,23?,25-,26-,27-/m0/s1. The van der Waals surface area contributed by atoms with Gasteiger partial charge in [-0.2, -0.15) is 0 Å². The van der Waals surface area contributed by atoms with E-state index in [2.05, 4.69) is 6.92 Å². The van der Waals surface area contributed by atoms with Gasteiger partial charge in [-0.1, -0.05) is 51.0 Å². The van der Waals surface area contributed by atoms with Gasteiger partial charge in [0.1, 0.15) is 12.0 Å². The molecule has 3 saturated carbocycles. The van der Waals surface area contributed by atoms with E-state index in [1.54, 1.807) is 0 Å². The number of hydrogen-bond donors (Lipinski definition) is 0. The third-order valence-corrected chi connectivity index (χ3v) is 9.59. The summed E-state index contributed by atoms with van der Waals surface area (Å²) in [6, 6.07) is 0. The number of carbonyl (C=O) groups excluding carboxylic acids is 2. The normalized spacial score (nSPS) is 39.6. The molecule has 0 radical (unpaired) electrons. The highest BCUT2D eigenvalue weighted by atomic mass is 35.5. The Kier molecular flexibility index (Phi) is 7.61. The molecule has 0 aromatic heterocycles. The quantitative estimate of drug-likeness (QED) is 0.274. The Morgan fingerprint density at radius 1 is 1.00 bits per heavy atom. The largest absolute Gasteiger partial charge is 0.299 e. The number of rotatable bonds is 9. The number of allylic oxidation sites excluding steroid dienone is 1. The lowest BCUT2D eigenvalue weighted by Gasteiger charge is -2.56. The van der Waals surface area contributed by atoms with E-state index in [1.807, 2.05) is 6.08 Å². The van der Waals surface area contributed by atoms with E-state index in [-0.39, 0.29) is 17.6 Å². The van der Waals surface area contributed by atoms with E-state index in [0.29, 0.717) is 42.8 Å². The van der Waals surface area contributed by atoms with Crippen molar-refractivity contribution in [1.29, 1.82) is 0 Å². The second-order valence-corrected chi connectivity index (χ2v) is 11.5. The molecule has 0 saturated heterocycles. The van der Waals surface area contributed by atoms with Gasteiger partial charge in [0.15, 0.2) is 5.78 Å². The fourth-order valence-corrected chi connectivity index (χ4v) is 8.02. The van der Waals surface area contributed by atoms with Crippen LogP contribution in [0.5, 0.6) is 0 Å². The number of halogens is 2. The van der Waals surface area contributed by atoms with Crippen LogP contribution in [0.15, 0.2) is 11.6 Å². The fraction of sp³-hybridized carbons (Fsp3) is 0.852. The highest BCUT2D eigenvalue weighted by Gasteiger charge is 2.61. The number of unbranched alkanes of at least 4 members (excludes halogenated alkanes) is 6. The molecule has 0 spiro atoms. The minimum atomic E-state index is -0.903. The first-order valence-corrected chi connectivity index (χ1v) is 13.5. The molecule has 4 aliphatic carbocycles. The first-order valence-electron chi connectivity index (χ1n) is 12.9. The Labute approximate surface area is 192 Å². The first-order chi connectivity index (χ1) is 15.0. The van der Waals surface area contributed by atoms with E-state index in [4.69, 9.17) is 11.6 Å². The summed E-state index contributed by atoms with van der Waals surface area (Å²) in [5.41, 5.74) is 0.784. The van der Waals surface area contributed by atoms with Gasteiger partial charge in [-0.15, -0.1) is 11.6 Å². The monoisotopic (exact) mass is 450 g/mol. The molecule has 0 bridgehead atoms. The first kappa shape index (κ1) is 23.5. The van der Waals surface area contributed by atoms with Crippen molar-refractivity contribution in [3.8, 4) is 0 Å². The summed E-state index contributed by atoms with van der Waals surface area (Å²) in [6.07, 6.45) is 15.0. The van der Waals surface area contributed by atoms with Gasteiger partial charge in [0.2, 0.25) is 0 Å². The summed E-state index contributed by atoms with van der Waals surface area (Å²) >= 11 is 5.76. The highest BCUT2D eigenvalue weighted by Crippen LogP contribution is 2.63. The van der Waals surface area contributed by atoms with Crippen LogP contribution < -0.4 is 0 Å². The summed E-state index contributed by atoms with van der Waals surface area (Å²) in [4.78, 5) is 24.9. The van der Waals surface area contributed by atoms with Crippen LogP contribution >= 0.6 is 11.6 Å². The van der Waals surface area contributed by atoms with Crippen LogP contribution in [0.1, 0.15) is 96.8 Å². The molecule has 4 heteroatoms. The molecule has 0 aromatic rings. The Morgan fingerprint density at radius 3 is 2.45 bits per heavy atom. The van der Waals surface area contributed by atoms with Gasteiger partial charge < -0.3 is 0 Å². The average Bonchev–Trinajstić information content (AvgIpc) is 3.03. The van der Waals surface area contributed by atoms with Crippen LogP contribution in [-0.4, -0.2) is 23.6 Å². The fourth-order valence-electron chi connectivity index (χ4n) is 7.83. The molecule has 174 valence electrons. The predicted octanol–water partition coefficient (Wildman–Crippen LogP) is 7.23. The molecule has 0 aromatic carbocycles. The van der Waals surface area contributed by atoms with Crippen molar-refractivity contribution in [2.45, 2.75) is 103 Å². The molecule has 4 aliphatic rings. The number of hydrogen-bond acceptors (Lipinski definition) is 2. The lowest BCUT2D eigenvalue weighted by molar-refractivity contribution is -0.138. The van der Waals surface area contributed by atoms with Gasteiger partial charge in [0.05, 0.1) is 0 Å². The van der Waals surface area contributed by atoms with Gasteiger partial charge in [0, 0.05) is 30.1 Å². The van der Waals surface area contributed by atoms with Gasteiger partial charge >= 0.3 is 0 Å². The smallest absolute Gasteiger partial charge is 0.155 e. The van der Waals surface area contributed by atoms with Crippen molar-refractivity contribution in [3.63, 3.8) is 0 Å². The molecule has 4 rings (SSSR count). The molecular formula is C27H40ClFO2. The van der Waals surface area contributed by atoms with Crippen LogP contribution in [0.3, 0.4) is 0 Å². The molecule has 0 amide bonds. The van der Waals surface area contributed by atoms with Crippen molar-refractivity contribution in [2.24, 2.45) is 35.0 Å². The number of carbonyl (C=O) groups is 2. The number of fused-ring (bicyclic) bond motifs is 5. The van der Waals surface area contributed by atoms with Crippen molar-refractivity contribution in [3.05, 3.63) is 11.6 Å². The van der Waals surface area contributed by atoms with Gasteiger partial charge in [-0.3, -0.25) is 9.59 Å². The Hall–Kier alpha value is -0.700. The topological polar surface area (TPSA) is 34.1 Å². The van der Waals surface area contributed by atoms with E-state index in [0.717, 1.165) is 38.0 Å². The van der Waals surface area contributed by atoms with Gasteiger partial charge in [-0.05, 0) is 68.3 Å². The molecular weight excluding hydrogens is 411 g/mol. The van der Waals surface area contributed by atoms with Crippen molar-refractivity contribution < 1.29 is 14.0 Å². The number of ketones is 2. The summed E-state index contributed by atoms with van der Waals surface area (Å²) in [5.74, 6) is 2.65. The maximum absolute atomic E-state index is 15.7.